The number of hydrogen-bond acceptors (Lipinski definition) is 4. The third kappa shape index (κ3) is 3.86. The maximum atomic E-state index is 12.7. The Kier molecular flexibility index (Phi) is 5.33. The van der Waals surface area contributed by atoms with Gasteiger partial charge in [-0.15, -0.1) is 0 Å². The number of nitrogens with one attached hydrogen (secondary N) is 1. The van der Waals surface area contributed by atoms with Crippen LogP contribution in [-0.2, 0) is 4.79 Å². The van der Waals surface area contributed by atoms with Crippen LogP contribution >= 0.6 is 11.5 Å². The number of amides is 1. The Morgan fingerprint density at radius 3 is 2.42 bits per heavy atom. The minimum Gasteiger partial charge on any atom is -0.300 e. The van der Waals surface area contributed by atoms with Crippen LogP contribution in [0.15, 0.2) is 60.7 Å². The Morgan fingerprint density at radius 2 is 1.75 bits per heavy atom. The molecule has 122 valence electrons. The highest BCUT2D eigenvalue weighted by atomic mass is 32.1. The van der Waals surface area contributed by atoms with Gasteiger partial charge in [0.25, 0.3) is 0 Å². The lowest BCUT2D eigenvalue weighted by molar-refractivity contribution is -0.117. The van der Waals surface area contributed by atoms with Crippen molar-refractivity contribution in [2.75, 3.05) is 5.32 Å². The number of benzene rings is 2. The normalized spacial score (nSPS) is 11.9. The highest BCUT2D eigenvalue weighted by molar-refractivity contribution is 7.10. The molecule has 0 saturated heterocycles. The predicted molar refractivity (Wildman–Crippen MR) is 98.1 cm³/mol. The van der Waals surface area contributed by atoms with Crippen LogP contribution in [0.4, 0.5) is 5.13 Å². The molecule has 4 nitrogen and oxygen atoms in total. The fourth-order valence-electron chi connectivity index (χ4n) is 2.59. The SMILES string of the molecule is CCCC(C(=O)Nc1nc(-c2ccccc2)ns1)c1ccccc1. The van der Waals surface area contributed by atoms with Gasteiger partial charge < -0.3 is 5.32 Å². The fraction of sp³-hybridized carbons (Fsp3) is 0.211. The van der Waals surface area contributed by atoms with E-state index in [0.717, 1.165) is 24.0 Å². The van der Waals surface area contributed by atoms with E-state index in [1.807, 2.05) is 60.7 Å². The summed E-state index contributed by atoms with van der Waals surface area (Å²) in [5.41, 5.74) is 1.98. The van der Waals surface area contributed by atoms with Crippen LogP contribution in [0.25, 0.3) is 11.4 Å². The molecule has 3 rings (SSSR count). The third-order valence-electron chi connectivity index (χ3n) is 3.78. The topological polar surface area (TPSA) is 54.9 Å². The van der Waals surface area contributed by atoms with Crippen molar-refractivity contribution in [2.45, 2.75) is 25.7 Å². The maximum absolute atomic E-state index is 12.7. The summed E-state index contributed by atoms with van der Waals surface area (Å²) in [5, 5.41) is 3.46. The molecule has 0 aliphatic rings. The average Bonchev–Trinajstić information content (AvgIpc) is 3.09. The van der Waals surface area contributed by atoms with Crippen LogP contribution < -0.4 is 5.32 Å². The smallest absolute Gasteiger partial charge is 0.233 e. The Labute approximate surface area is 145 Å². The first kappa shape index (κ1) is 16.3. The summed E-state index contributed by atoms with van der Waals surface area (Å²) in [7, 11) is 0. The fourth-order valence-corrected chi connectivity index (χ4v) is 3.19. The molecule has 3 aromatic rings. The summed E-state index contributed by atoms with van der Waals surface area (Å²) in [4.78, 5) is 17.1. The number of rotatable bonds is 6. The molecule has 1 aromatic heterocycles. The second-order valence-electron chi connectivity index (χ2n) is 5.53. The minimum atomic E-state index is -0.166. The van der Waals surface area contributed by atoms with Gasteiger partial charge in [-0.2, -0.15) is 9.36 Å². The van der Waals surface area contributed by atoms with Gasteiger partial charge in [-0.25, -0.2) is 0 Å². The zero-order chi connectivity index (χ0) is 16.8. The largest absolute Gasteiger partial charge is 0.300 e. The van der Waals surface area contributed by atoms with Gasteiger partial charge in [-0.3, -0.25) is 4.79 Å². The van der Waals surface area contributed by atoms with Crippen molar-refractivity contribution in [2.24, 2.45) is 0 Å². The Hall–Kier alpha value is -2.53. The lowest BCUT2D eigenvalue weighted by Crippen LogP contribution is -2.21. The molecule has 1 unspecified atom stereocenters. The summed E-state index contributed by atoms with van der Waals surface area (Å²) in [6.07, 6.45) is 1.75. The molecular formula is C19H19N3OS. The molecule has 5 heteroatoms. The van der Waals surface area contributed by atoms with Gasteiger partial charge >= 0.3 is 0 Å². The van der Waals surface area contributed by atoms with Crippen LogP contribution in [0.1, 0.15) is 31.2 Å². The number of aromatic nitrogens is 2. The first-order valence-corrected chi connectivity index (χ1v) is 8.80. The van der Waals surface area contributed by atoms with Crippen molar-refractivity contribution in [3.8, 4) is 11.4 Å². The lowest BCUT2D eigenvalue weighted by Gasteiger charge is -2.15. The van der Waals surface area contributed by atoms with E-state index in [0.29, 0.717) is 11.0 Å². The number of anilines is 1. The minimum absolute atomic E-state index is 0.0289. The Morgan fingerprint density at radius 1 is 1.08 bits per heavy atom. The van der Waals surface area contributed by atoms with E-state index in [4.69, 9.17) is 0 Å². The van der Waals surface area contributed by atoms with Gasteiger partial charge in [0.05, 0.1) is 5.92 Å². The van der Waals surface area contributed by atoms with Crippen molar-refractivity contribution in [1.29, 1.82) is 0 Å². The molecular weight excluding hydrogens is 318 g/mol. The first-order valence-electron chi connectivity index (χ1n) is 8.03. The van der Waals surface area contributed by atoms with E-state index in [1.54, 1.807) is 0 Å². The summed E-state index contributed by atoms with van der Waals surface area (Å²) >= 11 is 1.21. The van der Waals surface area contributed by atoms with Crippen molar-refractivity contribution >= 4 is 22.6 Å². The van der Waals surface area contributed by atoms with Crippen molar-refractivity contribution in [1.82, 2.24) is 9.36 Å². The maximum Gasteiger partial charge on any atom is 0.233 e. The highest BCUT2D eigenvalue weighted by Crippen LogP contribution is 2.25. The number of carbonyl (C=O) groups excluding carboxylic acids is 1. The van der Waals surface area contributed by atoms with Gasteiger partial charge in [-0.1, -0.05) is 74.0 Å². The summed E-state index contributed by atoms with van der Waals surface area (Å²) in [5.74, 6) is 0.446. The molecule has 2 aromatic carbocycles. The zero-order valence-electron chi connectivity index (χ0n) is 13.5. The summed E-state index contributed by atoms with van der Waals surface area (Å²) < 4.78 is 4.33. The second kappa shape index (κ2) is 7.84. The van der Waals surface area contributed by atoms with E-state index in [2.05, 4.69) is 21.6 Å². The van der Waals surface area contributed by atoms with Gasteiger partial charge in [0.2, 0.25) is 11.0 Å². The summed E-state index contributed by atoms with van der Waals surface area (Å²) in [6.45, 7) is 2.08. The molecule has 0 spiro atoms. The quantitative estimate of drug-likeness (QED) is 0.707. The lowest BCUT2D eigenvalue weighted by atomic mass is 9.94. The highest BCUT2D eigenvalue weighted by Gasteiger charge is 2.21. The van der Waals surface area contributed by atoms with Crippen LogP contribution in [0.2, 0.25) is 0 Å². The molecule has 0 bridgehead atoms. The van der Waals surface area contributed by atoms with E-state index < -0.39 is 0 Å². The van der Waals surface area contributed by atoms with Crippen LogP contribution in [-0.4, -0.2) is 15.3 Å². The second-order valence-corrected chi connectivity index (χ2v) is 6.28. The predicted octanol–water partition coefficient (Wildman–Crippen LogP) is 4.73. The molecule has 0 aliphatic heterocycles. The Bertz CT molecular complexity index is 787. The van der Waals surface area contributed by atoms with Gasteiger partial charge in [0, 0.05) is 17.1 Å². The van der Waals surface area contributed by atoms with Crippen molar-refractivity contribution in [3.63, 3.8) is 0 Å². The monoisotopic (exact) mass is 337 g/mol. The van der Waals surface area contributed by atoms with Gasteiger partial charge in [0.15, 0.2) is 5.82 Å². The van der Waals surface area contributed by atoms with E-state index in [1.165, 1.54) is 11.5 Å². The number of hydrogen-bond donors (Lipinski definition) is 1. The van der Waals surface area contributed by atoms with E-state index in [-0.39, 0.29) is 11.8 Å². The van der Waals surface area contributed by atoms with E-state index in [9.17, 15) is 4.79 Å². The molecule has 1 amide bonds. The molecule has 1 heterocycles. The van der Waals surface area contributed by atoms with Crippen LogP contribution in [0.5, 0.6) is 0 Å². The zero-order valence-corrected chi connectivity index (χ0v) is 14.3. The first-order chi connectivity index (χ1) is 11.8. The molecule has 1 N–H and O–H groups in total. The molecule has 24 heavy (non-hydrogen) atoms. The molecule has 0 saturated carbocycles. The van der Waals surface area contributed by atoms with E-state index >= 15 is 0 Å². The van der Waals surface area contributed by atoms with Crippen molar-refractivity contribution in [3.05, 3.63) is 66.2 Å². The summed E-state index contributed by atoms with van der Waals surface area (Å²) in [6, 6.07) is 19.6. The van der Waals surface area contributed by atoms with Gasteiger partial charge in [0.1, 0.15) is 0 Å². The molecule has 0 aliphatic carbocycles. The van der Waals surface area contributed by atoms with Crippen LogP contribution in [0.3, 0.4) is 0 Å². The van der Waals surface area contributed by atoms with Gasteiger partial charge in [-0.05, 0) is 12.0 Å². The van der Waals surface area contributed by atoms with Crippen molar-refractivity contribution < 1.29 is 4.79 Å². The average molecular weight is 337 g/mol. The standard InChI is InChI=1S/C19H19N3OS/c1-2-9-16(14-10-5-3-6-11-14)18(23)21-19-20-17(22-24-19)15-12-7-4-8-13-15/h3-8,10-13,16H,2,9H2,1H3,(H,20,21,22,23). The van der Waals surface area contributed by atoms with Crippen LogP contribution in [0, 0.1) is 0 Å². The number of nitrogens with zero attached hydrogens (tertiary/aromatic N) is 2. The molecule has 1 atom stereocenters. The third-order valence-corrected chi connectivity index (χ3v) is 4.41. The molecule has 0 fully saturated rings. The number of carbonyl (C=O) groups is 1. The Balaban J connectivity index is 1.75. The molecule has 0 radical (unpaired) electrons.